The van der Waals surface area contributed by atoms with Gasteiger partial charge in [0.15, 0.2) is 11.5 Å². The van der Waals surface area contributed by atoms with Crippen molar-refractivity contribution in [1.29, 1.82) is 0 Å². The highest BCUT2D eigenvalue weighted by atomic mass is 35.5. The Morgan fingerprint density at radius 1 is 0.892 bits per heavy atom. The summed E-state index contributed by atoms with van der Waals surface area (Å²) in [6.45, 7) is 2.03. The second-order valence-electron chi connectivity index (χ2n) is 8.37. The van der Waals surface area contributed by atoms with Gasteiger partial charge in [-0.3, -0.25) is 9.59 Å². The van der Waals surface area contributed by atoms with E-state index in [0.29, 0.717) is 22.8 Å². The molecule has 2 amide bonds. The molecular formula is C27H33Cl2N3O5. The van der Waals surface area contributed by atoms with Crippen LogP contribution in [0.1, 0.15) is 74.2 Å². The van der Waals surface area contributed by atoms with E-state index in [9.17, 15) is 14.4 Å². The molecule has 2 aromatic rings. The molecule has 37 heavy (non-hydrogen) atoms. The Morgan fingerprint density at radius 3 is 2.32 bits per heavy atom. The summed E-state index contributed by atoms with van der Waals surface area (Å²) in [5, 5.41) is 7.06. The van der Waals surface area contributed by atoms with Gasteiger partial charge in [-0.25, -0.2) is 10.2 Å². The van der Waals surface area contributed by atoms with Gasteiger partial charge in [0.1, 0.15) is 0 Å². The van der Waals surface area contributed by atoms with Gasteiger partial charge in [-0.05, 0) is 48.4 Å². The number of hydrogen-bond donors (Lipinski definition) is 2. The molecule has 8 nitrogen and oxygen atoms in total. The van der Waals surface area contributed by atoms with Crippen LogP contribution < -0.4 is 20.2 Å². The summed E-state index contributed by atoms with van der Waals surface area (Å²) in [6, 6.07) is 9.21. The molecule has 0 saturated heterocycles. The number of nitrogens with zero attached hydrogens (tertiary/aromatic N) is 1. The summed E-state index contributed by atoms with van der Waals surface area (Å²) in [6.07, 6.45) is 9.71. The number of methoxy groups -OCH3 is 1. The number of carbonyl (C=O) groups is 3. The zero-order valence-corrected chi connectivity index (χ0v) is 22.7. The maximum absolute atomic E-state index is 12.4. The first-order valence-electron chi connectivity index (χ1n) is 12.3. The average Bonchev–Trinajstić information content (AvgIpc) is 2.89. The van der Waals surface area contributed by atoms with Crippen molar-refractivity contribution < 1.29 is 23.9 Å². The van der Waals surface area contributed by atoms with Crippen molar-refractivity contribution in [3.63, 3.8) is 0 Å². The van der Waals surface area contributed by atoms with E-state index in [1.54, 1.807) is 18.2 Å². The van der Waals surface area contributed by atoms with Gasteiger partial charge in [0.2, 0.25) is 5.91 Å². The summed E-state index contributed by atoms with van der Waals surface area (Å²) in [7, 11) is 1.43. The van der Waals surface area contributed by atoms with Crippen LogP contribution in [0.15, 0.2) is 41.5 Å². The fourth-order valence-corrected chi connectivity index (χ4v) is 3.66. The minimum absolute atomic E-state index is 0.150. The molecular weight excluding hydrogens is 517 g/mol. The average molecular weight is 550 g/mol. The Bertz CT molecular complexity index is 1090. The van der Waals surface area contributed by atoms with E-state index in [1.807, 2.05) is 0 Å². The summed E-state index contributed by atoms with van der Waals surface area (Å²) in [4.78, 5) is 36.3. The van der Waals surface area contributed by atoms with E-state index >= 15 is 0 Å². The maximum atomic E-state index is 12.4. The minimum atomic E-state index is -0.625. The third kappa shape index (κ3) is 11.2. The Labute approximate surface area is 227 Å². The van der Waals surface area contributed by atoms with Crippen molar-refractivity contribution in [2.24, 2.45) is 5.10 Å². The van der Waals surface area contributed by atoms with E-state index in [2.05, 4.69) is 22.8 Å². The summed E-state index contributed by atoms with van der Waals surface area (Å²) >= 11 is 11.8. The molecule has 2 aromatic carbocycles. The summed E-state index contributed by atoms with van der Waals surface area (Å²) < 4.78 is 10.7. The number of hydrazone groups is 1. The van der Waals surface area contributed by atoms with Crippen molar-refractivity contribution in [1.82, 2.24) is 10.7 Å². The number of nitrogens with one attached hydrogen (secondary N) is 2. The Morgan fingerprint density at radius 2 is 1.62 bits per heavy atom. The van der Waals surface area contributed by atoms with Gasteiger partial charge in [-0.15, -0.1) is 0 Å². The van der Waals surface area contributed by atoms with Crippen LogP contribution in [0.2, 0.25) is 10.0 Å². The second kappa shape index (κ2) is 16.6. The zero-order chi connectivity index (χ0) is 27.0. The number of benzene rings is 2. The molecule has 0 bridgehead atoms. The topological polar surface area (TPSA) is 106 Å². The van der Waals surface area contributed by atoms with Gasteiger partial charge in [0.05, 0.1) is 35.5 Å². The van der Waals surface area contributed by atoms with Crippen LogP contribution in [-0.2, 0) is 9.59 Å². The molecule has 0 aliphatic heterocycles. The Balaban J connectivity index is 1.77. The van der Waals surface area contributed by atoms with Crippen LogP contribution in [0, 0.1) is 0 Å². The lowest BCUT2D eigenvalue weighted by Crippen LogP contribution is -2.34. The number of carbonyl (C=O) groups excluding carboxylic acids is 3. The lowest BCUT2D eigenvalue weighted by atomic mass is 10.1. The highest BCUT2D eigenvalue weighted by molar-refractivity contribution is 6.42. The molecule has 0 fully saturated rings. The number of halogens is 2. The van der Waals surface area contributed by atoms with Crippen molar-refractivity contribution in [2.75, 3.05) is 13.7 Å². The van der Waals surface area contributed by atoms with Gasteiger partial charge in [0, 0.05) is 6.42 Å². The highest BCUT2D eigenvalue weighted by Gasteiger charge is 2.14. The molecule has 0 atom stereocenters. The van der Waals surface area contributed by atoms with Crippen LogP contribution in [-0.4, -0.2) is 37.7 Å². The predicted molar refractivity (Wildman–Crippen MR) is 146 cm³/mol. The van der Waals surface area contributed by atoms with Gasteiger partial charge in [-0.1, -0.05) is 68.7 Å². The molecule has 10 heteroatoms. The first-order valence-corrected chi connectivity index (χ1v) is 13.0. The molecule has 0 aliphatic carbocycles. The van der Waals surface area contributed by atoms with E-state index in [0.717, 1.165) is 19.3 Å². The molecule has 0 heterocycles. The van der Waals surface area contributed by atoms with Gasteiger partial charge in [-0.2, -0.15) is 5.10 Å². The van der Waals surface area contributed by atoms with Gasteiger partial charge >= 0.3 is 5.97 Å². The lowest BCUT2D eigenvalue weighted by Gasteiger charge is -2.10. The van der Waals surface area contributed by atoms with Crippen molar-refractivity contribution >= 4 is 47.2 Å². The quantitative estimate of drug-likeness (QED) is 0.0941. The number of rotatable bonds is 15. The third-order valence-corrected chi connectivity index (χ3v) is 6.14. The van der Waals surface area contributed by atoms with Crippen LogP contribution in [0.4, 0.5) is 0 Å². The van der Waals surface area contributed by atoms with Crippen LogP contribution in [0.3, 0.4) is 0 Å². The van der Waals surface area contributed by atoms with Crippen molar-refractivity contribution in [3.8, 4) is 11.5 Å². The first kappa shape index (κ1) is 30.1. The Kier molecular flexibility index (Phi) is 13.5. The Hall–Kier alpha value is -3.10. The number of ether oxygens (including phenoxy) is 2. The fraction of sp³-hybridized carbons (Fsp3) is 0.407. The second-order valence-corrected chi connectivity index (χ2v) is 9.18. The zero-order valence-electron chi connectivity index (χ0n) is 21.1. The number of unbranched alkanes of at least 4 members (excludes halogenated alkanes) is 6. The monoisotopic (exact) mass is 549 g/mol. The van der Waals surface area contributed by atoms with E-state index in [4.69, 9.17) is 32.7 Å². The number of hydrogen-bond acceptors (Lipinski definition) is 6. The normalized spacial score (nSPS) is 10.8. The van der Waals surface area contributed by atoms with E-state index in [-0.39, 0.29) is 28.8 Å². The van der Waals surface area contributed by atoms with Crippen molar-refractivity contribution in [3.05, 3.63) is 57.6 Å². The first-order chi connectivity index (χ1) is 17.8. The van der Waals surface area contributed by atoms with Crippen LogP contribution >= 0.6 is 23.2 Å². The maximum Gasteiger partial charge on any atom is 0.343 e. The number of amides is 2. The largest absolute Gasteiger partial charge is 0.493 e. The highest BCUT2D eigenvalue weighted by Crippen LogP contribution is 2.29. The SMILES string of the molecule is CCCCCCCCCC(=O)NCC(=O)N/N=C/c1ccc(OC(=O)c2ccc(Cl)c(Cl)c2)c(OC)c1. The van der Waals surface area contributed by atoms with Crippen molar-refractivity contribution in [2.45, 2.75) is 58.3 Å². The summed E-state index contributed by atoms with van der Waals surface area (Å²) in [5.41, 5.74) is 3.19. The predicted octanol–water partition coefficient (Wildman–Crippen LogP) is 5.93. The molecule has 0 spiro atoms. The molecule has 0 saturated carbocycles. The van der Waals surface area contributed by atoms with Crippen LogP contribution in [0.25, 0.3) is 0 Å². The minimum Gasteiger partial charge on any atom is -0.493 e. The lowest BCUT2D eigenvalue weighted by molar-refractivity contribution is -0.126. The smallest absolute Gasteiger partial charge is 0.343 e. The molecule has 2 N–H and O–H groups in total. The standard InChI is InChI=1S/C27H33Cl2N3O5/c1-3-4-5-6-7-8-9-10-25(33)30-18-26(34)32-31-17-19-11-14-23(24(15-19)36-2)37-27(35)20-12-13-21(28)22(29)16-20/h11-17H,3-10,18H2,1-2H3,(H,30,33)(H,32,34)/b31-17+. The molecule has 200 valence electrons. The van der Waals surface area contributed by atoms with E-state index < -0.39 is 11.9 Å². The summed E-state index contributed by atoms with van der Waals surface area (Å²) in [5.74, 6) is -0.726. The molecule has 0 aromatic heterocycles. The third-order valence-electron chi connectivity index (χ3n) is 5.40. The van der Waals surface area contributed by atoms with Gasteiger partial charge < -0.3 is 14.8 Å². The fourth-order valence-electron chi connectivity index (χ4n) is 3.36. The molecule has 2 rings (SSSR count). The molecule has 0 radical (unpaired) electrons. The van der Waals surface area contributed by atoms with E-state index in [1.165, 1.54) is 57.2 Å². The molecule has 0 aliphatic rings. The number of esters is 1. The van der Waals surface area contributed by atoms with Gasteiger partial charge in [0.25, 0.3) is 5.91 Å². The van der Waals surface area contributed by atoms with Crippen LogP contribution in [0.5, 0.6) is 11.5 Å². The molecule has 0 unspecified atom stereocenters.